The lowest BCUT2D eigenvalue weighted by Crippen LogP contribution is -2.35. The zero-order chi connectivity index (χ0) is 13.1. The molecule has 0 aliphatic heterocycles. The zero-order valence-electron chi connectivity index (χ0n) is 10.2. The summed E-state index contributed by atoms with van der Waals surface area (Å²) in [6.07, 6.45) is 0.909. The fourth-order valence-corrected chi connectivity index (χ4v) is 3.86. The molecule has 2 heterocycles. The molecule has 1 unspecified atom stereocenters. The number of carbonyl (C=O) groups excluding carboxylic acids is 1. The van der Waals surface area contributed by atoms with Crippen molar-refractivity contribution in [1.29, 1.82) is 0 Å². The van der Waals surface area contributed by atoms with Gasteiger partial charge in [0, 0.05) is 24.4 Å². The molecule has 0 aromatic carbocycles. The van der Waals surface area contributed by atoms with Crippen molar-refractivity contribution < 1.29 is 4.79 Å². The van der Waals surface area contributed by atoms with Crippen molar-refractivity contribution in [3.8, 4) is 0 Å². The molecule has 0 saturated heterocycles. The first-order valence-electron chi connectivity index (χ1n) is 5.63. The van der Waals surface area contributed by atoms with Gasteiger partial charge in [-0.25, -0.2) is 0 Å². The monoisotopic (exact) mass is 343 g/mol. The van der Waals surface area contributed by atoms with E-state index in [-0.39, 0.29) is 11.9 Å². The lowest BCUT2D eigenvalue weighted by atomic mass is 10.2. The molecule has 1 amide bonds. The number of likely N-dealkylation sites (N-methyl/N-ethyl adjacent to an activating group) is 1. The van der Waals surface area contributed by atoms with Crippen molar-refractivity contribution in [2.24, 2.45) is 0 Å². The fraction of sp³-hybridized carbons (Fsp3) is 0.308. The maximum absolute atomic E-state index is 12.2. The summed E-state index contributed by atoms with van der Waals surface area (Å²) in [6, 6.07) is 8.14. The molecule has 2 aromatic rings. The highest BCUT2D eigenvalue weighted by Crippen LogP contribution is 2.24. The number of halogens is 1. The summed E-state index contributed by atoms with van der Waals surface area (Å²) in [4.78, 5) is 16.2. The Morgan fingerprint density at radius 3 is 2.78 bits per heavy atom. The SMILES string of the molecule is CC(Cc1cccs1)N(C)C(=O)c1ccc(Br)s1. The quantitative estimate of drug-likeness (QED) is 0.811. The van der Waals surface area contributed by atoms with Crippen molar-refractivity contribution in [3.05, 3.63) is 43.2 Å². The molecule has 0 aliphatic carbocycles. The third kappa shape index (κ3) is 3.22. The lowest BCUT2D eigenvalue weighted by molar-refractivity contribution is 0.0749. The Labute approximate surface area is 123 Å². The van der Waals surface area contributed by atoms with Crippen molar-refractivity contribution in [2.75, 3.05) is 7.05 Å². The van der Waals surface area contributed by atoms with Crippen LogP contribution in [0.2, 0.25) is 0 Å². The number of rotatable bonds is 4. The average Bonchev–Trinajstić information content (AvgIpc) is 2.98. The molecule has 0 saturated carbocycles. The first-order valence-corrected chi connectivity index (χ1v) is 8.11. The average molecular weight is 344 g/mol. The summed E-state index contributed by atoms with van der Waals surface area (Å²) in [6.45, 7) is 2.08. The van der Waals surface area contributed by atoms with Gasteiger partial charge in [-0.1, -0.05) is 6.07 Å². The summed E-state index contributed by atoms with van der Waals surface area (Å²) in [5, 5.41) is 2.07. The number of thiophene rings is 2. The Morgan fingerprint density at radius 2 is 2.22 bits per heavy atom. The molecule has 0 aliphatic rings. The van der Waals surface area contributed by atoms with Crippen molar-refractivity contribution in [2.45, 2.75) is 19.4 Å². The molecule has 0 N–H and O–H groups in total. The molecule has 2 nitrogen and oxygen atoms in total. The van der Waals surface area contributed by atoms with E-state index in [4.69, 9.17) is 0 Å². The Kier molecular flexibility index (Phi) is 4.59. The molecule has 0 spiro atoms. The molecular formula is C13H14BrNOS2. The predicted molar refractivity (Wildman–Crippen MR) is 81.6 cm³/mol. The van der Waals surface area contributed by atoms with Gasteiger partial charge >= 0.3 is 0 Å². The topological polar surface area (TPSA) is 20.3 Å². The van der Waals surface area contributed by atoms with Gasteiger partial charge in [0.1, 0.15) is 0 Å². The van der Waals surface area contributed by atoms with Crippen LogP contribution in [-0.2, 0) is 6.42 Å². The first-order chi connectivity index (χ1) is 8.58. The van der Waals surface area contributed by atoms with Crippen LogP contribution in [0.3, 0.4) is 0 Å². The number of hydrogen-bond donors (Lipinski definition) is 0. The second-order valence-electron chi connectivity index (χ2n) is 4.15. The van der Waals surface area contributed by atoms with E-state index in [0.717, 1.165) is 15.1 Å². The Morgan fingerprint density at radius 1 is 1.44 bits per heavy atom. The molecule has 0 fully saturated rings. The van der Waals surface area contributed by atoms with Crippen LogP contribution in [0.4, 0.5) is 0 Å². The maximum atomic E-state index is 12.2. The van der Waals surface area contributed by atoms with E-state index in [1.807, 2.05) is 30.1 Å². The van der Waals surface area contributed by atoms with Crippen LogP contribution in [-0.4, -0.2) is 23.9 Å². The Hall–Kier alpha value is -0.650. The maximum Gasteiger partial charge on any atom is 0.263 e. The molecule has 18 heavy (non-hydrogen) atoms. The van der Waals surface area contributed by atoms with Crippen LogP contribution in [0.5, 0.6) is 0 Å². The van der Waals surface area contributed by atoms with E-state index in [0.29, 0.717) is 0 Å². The third-order valence-corrected chi connectivity index (χ3v) is 5.35. The minimum atomic E-state index is 0.0924. The molecule has 96 valence electrons. The van der Waals surface area contributed by atoms with Crippen LogP contribution in [0.15, 0.2) is 33.4 Å². The van der Waals surface area contributed by atoms with Crippen LogP contribution in [0.25, 0.3) is 0 Å². The minimum absolute atomic E-state index is 0.0924. The predicted octanol–water partition coefficient (Wildman–Crippen LogP) is 4.28. The van der Waals surface area contributed by atoms with Crippen LogP contribution in [0.1, 0.15) is 21.5 Å². The number of carbonyl (C=O) groups is 1. The normalized spacial score (nSPS) is 12.4. The molecule has 2 rings (SSSR count). The standard InChI is InChI=1S/C13H14BrNOS2/c1-9(8-10-4-3-7-17-10)15(2)13(16)11-5-6-12(14)18-11/h3-7,9H,8H2,1-2H3. The zero-order valence-corrected chi connectivity index (χ0v) is 13.4. The second-order valence-corrected chi connectivity index (χ2v) is 7.65. The molecular weight excluding hydrogens is 330 g/mol. The van der Waals surface area contributed by atoms with E-state index < -0.39 is 0 Å². The summed E-state index contributed by atoms with van der Waals surface area (Å²) in [5.74, 6) is 0.0924. The number of amides is 1. The largest absolute Gasteiger partial charge is 0.338 e. The van der Waals surface area contributed by atoms with Crippen LogP contribution in [0, 0.1) is 0 Å². The van der Waals surface area contributed by atoms with E-state index in [2.05, 4.69) is 34.3 Å². The van der Waals surface area contributed by atoms with Gasteiger partial charge in [0.2, 0.25) is 0 Å². The molecule has 0 radical (unpaired) electrons. The van der Waals surface area contributed by atoms with Gasteiger partial charge in [0.05, 0.1) is 8.66 Å². The third-order valence-electron chi connectivity index (χ3n) is 2.84. The van der Waals surface area contributed by atoms with Gasteiger partial charge in [-0.15, -0.1) is 22.7 Å². The number of nitrogens with zero attached hydrogens (tertiary/aromatic N) is 1. The number of hydrogen-bond acceptors (Lipinski definition) is 3. The molecule has 0 bridgehead atoms. The van der Waals surface area contributed by atoms with E-state index in [9.17, 15) is 4.79 Å². The van der Waals surface area contributed by atoms with E-state index in [1.165, 1.54) is 16.2 Å². The van der Waals surface area contributed by atoms with E-state index >= 15 is 0 Å². The first kappa shape index (κ1) is 13.8. The van der Waals surface area contributed by atoms with Crippen molar-refractivity contribution in [3.63, 3.8) is 0 Å². The van der Waals surface area contributed by atoms with Gasteiger partial charge in [-0.3, -0.25) is 4.79 Å². The Bertz CT molecular complexity index is 521. The summed E-state index contributed by atoms with van der Waals surface area (Å²) in [5.41, 5.74) is 0. The summed E-state index contributed by atoms with van der Waals surface area (Å²) >= 11 is 6.60. The summed E-state index contributed by atoms with van der Waals surface area (Å²) < 4.78 is 0.991. The van der Waals surface area contributed by atoms with Crippen LogP contribution < -0.4 is 0 Å². The molecule has 5 heteroatoms. The highest BCUT2D eigenvalue weighted by Gasteiger charge is 2.19. The molecule has 2 aromatic heterocycles. The van der Waals surface area contributed by atoms with Crippen LogP contribution >= 0.6 is 38.6 Å². The van der Waals surface area contributed by atoms with Gasteiger partial charge in [0.15, 0.2) is 0 Å². The van der Waals surface area contributed by atoms with Gasteiger partial charge < -0.3 is 4.90 Å². The lowest BCUT2D eigenvalue weighted by Gasteiger charge is -2.24. The second kappa shape index (κ2) is 5.99. The summed E-state index contributed by atoms with van der Waals surface area (Å²) in [7, 11) is 1.87. The van der Waals surface area contributed by atoms with Gasteiger partial charge in [-0.05, 0) is 46.4 Å². The van der Waals surface area contributed by atoms with Crippen molar-refractivity contribution in [1.82, 2.24) is 4.90 Å². The highest BCUT2D eigenvalue weighted by molar-refractivity contribution is 9.11. The fourth-order valence-electron chi connectivity index (χ4n) is 1.66. The minimum Gasteiger partial charge on any atom is -0.338 e. The van der Waals surface area contributed by atoms with Gasteiger partial charge in [-0.2, -0.15) is 0 Å². The smallest absolute Gasteiger partial charge is 0.263 e. The van der Waals surface area contributed by atoms with Gasteiger partial charge in [0.25, 0.3) is 5.91 Å². The Balaban J connectivity index is 2.02. The highest BCUT2D eigenvalue weighted by atomic mass is 79.9. The van der Waals surface area contributed by atoms with Crippen molar-refractivity contribution >= 4 is 44.5 Å². The van der Waals surface area contributed by atoms with E-state index in [1.54, 1.807) is 11.3 Å². The molecule has 1 atom stereocenters.